The molecule has 1 rings (SSSR count). The molecule has 0 unspecified atom stereocenters. The maximum Gasteiger partial charge on any atom is 0.238 e. The Bertz CT molecular complexity index is 126. The molecule has 0 saturated carbocycles. The fourth-order valence-electron chi connectivity index (χ4n) is 0.938. The van der Waals surface area contributed by atoms with Gasteiger partial charge in [0, 0.05) is 6.54 Å². The Hall–Kier alpha value is -0.220. The van der Waals surface area contributed by atoms with Gasteiger partial charge in [0.1, 0.15) is 6.04 Å². The Balaban J connectivity index is 2.49. The Labute approximate surface area is 60.0 Å². The molecule has 9 heavy (non-hydrogen) atoms. The molecule has 0 aromatic rings. The van der Waals surface area contributed by atoms with Gasteiger partial charge in [-0.25, -0.2) is 4.31 Å². The van der Waals surface area contributed by atoms with Gasteiger partial charge in [-0.05, 0) is 13.5 Å². The van der Waals surface area contributed by atoms with Gasteiger partial charge < -0.3 is 5.32 Å². The topological polar surface area (TPSA) is 32.3 Å². The molecule has 1 aliphatic rings. The van der Waals surface area contributed by atoms with Crippen LogP contribution in [0.3, 0.4) is 0 Å². The minimum Gasteiger partial charge on any atom is -0.355 e. The number of rotatable bonds is 1. The molecule has 0 aliphatic carbocycles. The average Bonchev–Trinajstić information content (AvgIpc) is 2.13. The summed E-state index contributed by atoms with van der Waals surface area (Å²) in [6.07, 6.45) is 0.874. The first kappa shape index (κ1) is 6.89. The number of carbonyl (C=O) groups excluding carboxylic acids is 1. The van der Waals surface area contributed by atoms with Crippen molar-refractivity contribution in [1.29, 1.82) is 0 Å². The molecule has 52 valence electrons. The molecule has 1 aliphatic heterocycles. The lowest BCUT2D eigenvalue weighted by Gasteiger charge is -2.13. The number of nitrogens with zero attached hydrogens (tertiary/aromatic N) is 1. The Morgan fingerprint density at radius 1 is 1.89 bits per heavy atom. The molecular formula is C5H10N2OS. The number of amides is 1. The summed E-state index contributed by atoms with van der Waals surface area (Å²) in [5, 5.41) is 2.72. The van der Waals surface area contributed by atoms with Crippen LogP contribution < -0.4 is 5.32 Å². The van der Waals surface area contributed by atoms with Crippen molar-refractivity contribution in [2.24, 2.45) is 0 Å². The monoisotopic (exact) mass is 146 g/mol. The number of hydrogen-bond donors (Lipinski definition) is 2. The van der Waals surface area contributed by atoms with E-state index in [1.807, 2.05) is 0 Å². The molecule has 1 fully saturated rings. The van der Waals surface area contributed by atoms with Crippen LogP contribution in [0.5, 0.6) is 0 Å². The second-order valence-corrected chi connectivity index (χ2v) is 2.80. The fraction of sp³-hybridized carbons (Fsp3) is 0.800. The van der Waals surface area contributed by atoms with Gasteiger partial charge in [0.05, 0.1) is 0 Å². The molecule has 4 heteroatoms. The number of carbonyl (C=O) groups is 1. The first-order valence-electron chi connectivity index (χ1n) is 2.91. The van der Waals surface area contributed by atoms with Crippen molar-refractivity contribution in [3.05, 3.63) is 0 Å². The summed E-state index contributed by atoms with van der Waals surface area (Å²) < 4.78 is 1.64. The van der Waals surface area contributed by atoms with Gasteiger partial charge in [-0.15, -0.1) is 0 Å². The van der Waals surface area contributed by atoms with E-state index in [2.05, 4.69) is 18.1 Å². The molecule has 1 heterocycles. The number of likely N-dealkylation sites (N-methyl/N-ethyl adjacent to an activating group) is 1. The number of nitrogens with one attached hydrogen (secondary N) is 1. The molecule has 1 atom stereocenters. The highest BCUT2D eigenvalue weighted by Gasteiger charge is 2.25. The van der Waals surface area contributed by atoms with Crippen molar-refractivity contribution < 1.29 is 4.79 Å². The lowest BCUT2D eigenvalue weighted by molar-refractivity contribution is -0.121. The van der Waals surface area contributed by atoms with Gasteiger partial charge in [-0.3, -0.25) is 4.79 Å². The minimum absolute atomic E-state index is 0.0201. The fourth-order valence-corrected chi connectivity index (χ4v) is 1.16. The zero-order valence-electron chi connectivity index (χ0n) is 5.29. The summed E-state index contributed by atoms with van der Waals surface area (Å²) in [6, 6.07) is -0.0201. The smallest absolute Gasteiger partial charge is 0.238 e. The lowest BCUT2D eigenvalue weighted by atomic mass is 10.3. The highest BCUT2D eigenvalue weighted by Crippen LogP contribution is 2.08. The van der Waals surface area contributed by atoms with E-state index in [0.717, 1.165) is 13.0 Å². The van der Waals surface area contributed by atoms with Gasteiger partial charge in [0.25, 0.3) is 0 Å². The van der Waals surface area contributed by atoms with Crippen molar-refractivity contribution in [3.8, 4) is 0 Å². The molecule has 0 aromatic carbocycles. The van der Waals surface area contributed by atoms with E-state index in [-0.39, 0.29) is 11.9 Å². The van der Waals surface area contributed by atoms with Crippen LogP contribution in [0, 0.1) is 0 Å². The van der Waals surface area contributed by atoms with Crippen LogP contribution in [-0.2, 0) is 4.79 Å². The summed E-state index contributed by atoms with van der Waals surface area (Å²) in [7, 11) is 1.79. The van der Waals surface area contributed by atoms with E-state index >= 15 is 0 Å². The third-order valence-corrected chi connectivity index (χ3v) is 1.75. The van der Waals surface area contributed by atoms with Crippen LogP contribution in [0.2, 0.25) is 0 Å². The van der Waals surface area contributed by atoms with Gasteiger partial charge in [0.2, 0.25) is 5.91 Å². The van der Waals surface area contributed by atoms with Crippen molar-refractivity contribution in [2.75, 3.05) is 13.6 Å². The van der Waals surface area contributed by atoms with E-state index in [0.29, 0.717) is 0 Å². The van der Waals surface area contributed by atoms with Gasteiger partial charge >= 0.3 is 0 Å². The first-order chi connectivity index (χ1) is 4.22. The highest BCUT2D eigenvalue weighted by molar-refractivity contribution is 7.77. The Morgan fingerprint density at radius 3 is 2.78 bits per heavy atom. The SMILES string of the molecule is CN(S)[C@@H]1CCNC1=O. The minimum atomic E-state index is -0.0201. The second-order valence-electron chi connectivity index (χ2n) is 2.17. The van der Waals surface area contributed by atoms with E-state index < -0.39 is 0 Å². The normalized spacial score (nSPS) is 27.0. The maximum atomic E-state index is 10.8. The predicted molar refractivity (Wildman–Crippen MR) is 38.2 cm³/mol. The standard InChI is InChI=1S/C5H10N2OS/c1-7(9)4-2-3-6-5(4)8/h4,9H,2-3H2,1H3,(H,6,8)/t4-/m1/s1. The zero-order chi connectivity index (χ0) is 6.85. The Kier molecular flexibility index (Phi) is 1.97. The van der Waals surface area contributed by atoms with E-state index in [1.54, 1.807) is 11.4 Å². The van der Waals surface area contributed by atoms with Gasteiger partial charge in [-0.1, -0.05) is 12.8 Å². The van der Waals surface area contributed by atoms with E-state index in [9.17, 15) is 4.79 Å². The van der Waals surface area contributed by atoms with Crippen LogP contribution in [0.25, 0.3) is 0 Å². The van der Waals surface area contributed by atoms with Crippen LogP contribution in [0.15, 0.2) is 0 Å². The third kappa shape index (κ3) is 1.37. The molecule has 0 spiro atoms. The highest BCUT2D eigenvalue weighted by atomic mass is 32.1. The summed E-state index contributed by atoms with van der Waals surface area (Å²) in [5.41, 5.74) is 0. The molecule has 0 bridgehead atoms. The summed E-state index contributed by atoms with van der Waals surface area (Å²) in [5.74, 6) is 0.0903. The number of hydrogen-bond acceptors (Lipinski definition) is 3. The summed E-state index contributed by atoms with van der Waals surface area (Å²) >= 11 is 4.02. The molecule has 0 radical (unpaired) electrons. The predicted octanol–water partition coefficient (Wildman–Crippen LogP) is -0.348. The molecule has 1 N–H and O–H groups in total. The molecule has 1 saturated heterocycles. The summed E-state index contributed by atoms with van der Waals surface area (Å²) in [6.45, 7) is 0.786. The zero-order valence-corrected chi connectivity index (χ0v) is 6.19. The quantitative estimate of drug-likeness (QED) is 0.496. The molecule has 3 nitrogen and oxygen atoms in total. The number of thiol groups is 1. The van der Waals surface area contributed by atoms with Crippen LogP contribution in [-0.4, -0.2) is 29.8 Å². The summed E-state index contributed by atoms with van der Waals surface area (Å²) in [4.78, 5) is 10.8. The second kappa shape index (κ2) is 2.58. The maximum absolute atomic E-state index is 10.8. The first-order valence-corrected chi connectivity index (χ1v) is 3.31. The van der Waals surface area contributed by atoms with Gasteiger partial charge in [0.15, 0.2) is 0 Å². The average molecular weight is 146 g/mol. The van der Waals surface area contributed by atoms with Crippen LogP contribution >= 0.6 is 12.8 Å². The van der Waals surface area contributed by atoms with Crippen molar-refractivity contribution in [2.45, 2.75) is 12.5 Å². The van der Waals surface area contributed by atoms with Crippen molar-refractivity contribution >= 4 is 18.7 Å². The third-order valence-electron chi connectivity index (χ3n) is 1.47. The van der Waals surface area contributed by atoms with E-state index in [4.69, 9.17) is 0 Å². The van der Waals surface area contributed by atoms with E-state index in [1.165, 1.54) is 0 Å². The van der Waals surface area contributed by atoms with Crippen LogP contribution in [0.4, 0.5) is 0 Å². The molecular weight excluding hydrogens is 136 g/mol. The van der Waals surface area contributed by atoms with Crippen molar-refractivity contribution in [3.63, 3.8) is 0 Å². The van der Waals surface area contributed by atoms with Crippen molar-refractivity contribution in [1.82, 2.24) is 9.62 Å². The van der Waals surface area contributed by atoms with Gasteiger partial charge in [-0.2, -0.15) is 0 Å². The largest absolute Gasteiger partial charge is 0.355 e. The molecule has 1 amide bonds. The Morgan fingerprint density at radius 2 is 2.56 bits per heavy atom. The molecule has 0 aromatic heterocycles. The lowest BCUT2D eigenvalue weighted by Crippen LogP contribution is -2.32. The van der Waals surface area contributed by atoms with Crippen LogP contribution in [0.1, 0.15) is 6.42 Å².